The van der Waals surface area contributed by atoms with E-state index in [4.69, 9.17) is 4.74 Å². The van der Waals surface area contributed by atoms with E-state index in [0.29, 0.717) is 10.9 Å². The van der Waals surface area contributed by atoms with Crippen molar-refractivity contribution in [2.45, 2.75) is 26.1 Å². The molecule has 4 nitrogen and oxygen atoms in total. The number of ketones is 2. The van der Waals surface area contributed by atoms with E-state index in [0.717, 1.165) is 0 Å². The molecule has 0 saturated heterocycles. The molecule has 120 valence electrons. The molecule has 23 heavy (non-hydrogen) atoms. The minimum Gasteiger partial charge on any atom is -0.486 e. The van der Waals surface area contributed by atoms with Gasteiger partial charge in [0.05, 0.1) is 17.4 Å². The van der Waals surface area contributed by atoms with Crippen LogP contribution in [0.1, 0.15) is 34.7 Å². The van der Waals surface area contributed by atoms with Gasteiger partial charge in [0.1, 0.15) is 0 Å². The van der Waals surface area contributed by atoms with Gasteiger partial charge in [-0.2, -0.15) is 13.2 Å². The zero-order valence-corrected chi connectivity index (χ0v) is 12.2. The molecule has 0 spiro atoms. The van der Waals surface area contributed by atoms with Gasteiger partial charge in [-0.15, -0.1) is 0 Å². The second-order valence-corrected chi connectivity index (χ2v) is 5.45. The lowest BCUT2D eigenvalue weighted by Gasteiger charge is -2.22. The molecule has 0 atom stereocenters. The Morgan fingerprint density at radius 2 is 1.74 bits per heavy atom. The molecule has 0 unspecified atom stereocenters. The number of allylic oxidation sites excluding steroid dienone is 2. The van der Waals surface area contributed by atoms with E-state index in [-0.39, 0.29) is 11.3 Å². The van der Waals surface area contributed by atoms with Crippen LogP contribution in [-0.4, -0.2) is 28.8 Å². The molecule has 1 aliphatic rings. The van der Waals surface area contributed by atoms with E-state index >= 15 is 0 Å². The Balaban J connectivity index is 2.31. The number of ether oxygens (including phenoxy) is 1. The lowest BCUT2D eigenvalue weighted by Crippen LogP contribution is -2.32. The van der Waals surface area contributed by atoms with Crippen LogP contribution in [0.2, 0.25) is 0 Å². The number of aromatic nitrogens is 1. The van der Waals surface area contributed by atoms with Crippen LogP contribution in [0.3, 0.4) is 0 Å². The number of carbonyl (C=O) groups excluding carboxylic acids is 2. The molecule has 1 aliphatic carbocycles. The molecule has 0 amide bonds. The summed E-state index contributed by atoms with van der Waals surface area (Å²) in [6.07, 6.45) is -5.66. The van der Waals surface area contributed by atoms with E-state index in [1.807, 2.05) is 0 Å². The largest absolute Gasteiger partial charge is 0.486 e. The third-order valence-electron chi connectivity index (χ3n) is 3.46. The summed E-state index contributed by atoms with van der Waals surface area (Å²) in [5.74, 6) is -3.15. The van der Waals surface area contributed by atoms with Gasteiger partial charge in [-0.25, -0.2) is 0 Å². The van der Waals surface area contributed by atoms with E-state index in [2.05, 4.69) is 4.98 Å². The number of Topliss-reactive ketones (excluding diaryl/α,β-unsaturated/α-hetero) is 2. The molecular weight excluding hydrogens is 311 g/mol. The van der Waals surface area contributed by atoms with Crippen molar-refractivity contribution in [2.75, 3.05) is 0 Å². The number of benzene rings is 1. The van der Waals surface area contributed by atoms with Gasteiger partial charge in [-0.3, -0.25) is 9.59 Å². The Morgan fingerprint density at radius 3 is 2.35 bits per heavy atom. The third-order valence-corrected chi connectivity index (χ3v) is 3.46. The first-order valence-electron chi connectivity index (χ1n) is 6.90. The SMILES string of the molecule is CC(C)OC1=C(C(F)(F)F)C(=O)c2[nH]c3ccccc3c2C1=O. The number of carbonyl (C=O) groups is 2. The number of H-pyrrole nitrogens is 1. The van der Waals surface area contributed by atoms with Crippen molar-refractivity contribution in [2.24, 2.45) is 0 Å². The maximum atomic E-state index is 13.3. The van der Waals surface area contributed by atoms with Crippen molar-refractivity contribution in [3.05, 3.63) is 46.9 Å². The molecule has 1 heterocycles. The number of hydrogen-bond acceptors (Lipinski definition) is 3. The van der Waals surface area contributed by atoms with Crippen LogP contribution in [-0.2, 0) is 4.74 Å². The number of aromatic amines is 1. The van der Waals surface area contributed by atoms with Crippen LogP contribution in [0, 0.1) is 0 Å². The molecule has 3 rings (SSSR count). The molecule has 2 aromatic rings. The minimum absolute atomic E-state index is 0.0748. The molecule has 1 aromatic heterocycles. The zero-order valence-electron chi connectivity index (χ0n) is 12.2. The highest BCUT2D eigenvalue weighted by Crippen LogP contribution is 2.39. The number of nitrogens with one attached hydrogen (secondary N) is 1. The van der Waals surface area contributed by atoms with Crippen molar-refractivity contribution in [1.29, 1.82) is 0 Å². The quantitative estimate of drug-likeness (QED) is 0.915. The van der Waals surface area contributed by atoms with Crippen molar-refractivity contribution < 1.29 is 27.5 Å². The fourth-order valence-electron chi connectivity index (χ4n) is 2.61. The first-order valence-corrected chi connectivity index (χ1v) is 6.90. The molecule has 1 aromatic carbocycles. The highest BCUT2D eigenvalue weighted by atomic mass is 19.4. The maximum absolute atomic E-state index is 13.3. The van der Waals surface area contributed by atoms with Crippen LogP contribution in [0.5, 0.6) is 0 Å². The fourth-order valence-corrected chi connectivity index (χ4v) is 2.61. The molecule has 0 aliphatic heterocycles. The van der Waals surface area contributed by atoms with Crippen molar-refractivity contribution in [3.8, 4) is 0 Å². The number of alkyl halides is 3. The average Bonchev–Trinajstić information content (AvgIpc) is 2.82. The van der Waals surface area contributed by atoms with Crippen molar-refractivity contribution in [1.82, 2.24) is 4.98 Å². The van der Waals surface area contributed by atoms with E-state index in [9.17, 15) is 22.8 Å². The zero-order chi connectivity index (χ0) is 16.9. The lowest BCUT2D eigenvalue weighted by molar-refractivity contribution is -0.0927. The number of halogens is 3. The first-order chi connectivity index (χ1) is 10.7. The molecular formula is C16H12F3NO3. The van der Waals surface area contributed by atoms with E-state index < -0.39 is 35.2 Å². The van der Waals surface area contributed by atoms with Gasteiger partial charge in [0.15, 0.2) is 11.3 Å². The summed E-state index contributed by atoms with van der Waals surface area (Å²) in [6.45, 7) is 2.98. The van der Waals surface area contributed by atoms with Crippen LogP contribution in [0.25, 0.3) is 10.9 Å². The molecule has 0 bridgehead atoms. The lowest BCUT2D eigenvalue weighted by atomic mass is 9.91. The molecule has 0 saturated carbocycles. The van der Waals surface area contributed by atoms with Crippen LogP contribution in [0.15, 0.2) is 35.6 Å². The summed E-state index contributed by atoms with van der Waals surface area (Å²) in [4.78, 5) is 27.5. The summed E-state index contributed by atoms with van der Waals surface area (Å²) >= 11 is 0. The van der Waals surface area contributed by atoms with Crippen molar-refractivity contribution >= 4 is 22.5 Å². The number of hydrogen-bond donors (Lipinski definition) is 1. The normalized spacial score (nSPS) is 15.6. The Kier molecular flexibility index (Phi) is 3.31. The maximum Gasteiger partial charge on any atom is 0.423 e. The predicted molar refractivity (Wildman–Crippen MR) is 76.3 cm³/mol. The van der Waals surface area contributed by atoms with Crippen LogP contribution in [0.4, 0.5) is 13.2 Å². The van der Waals surface area contributed by atoms with Gasteiger partial charge < -0.3 is 9.72 Å². The third kappa shape index (κ3) is 2.32. The second-order valence-electron chi connectivity index (χ2n) is 5.45. The Labute approximate surface area is 128 Å². The summed E-state index contributed by atoms with van der Waals surface area (Å²) in [5.41, 5.74) is -1.56. The van der Waals surface area contributed by atoms with Crippen LogP contribution >= 0.6 is 0 Å². The Bertz CT molecular complexity index is 859. The Morgan fingerprint density at radius 1 is 1.09 bits per heavy atom. The average molecular weight is 323 g/mol. The fraction of sp³-hybridized carbons (Fsp3) is 0.250. The van der Waals surface area contributed by atoms with Gasteiger partial charge in [0.2, 0.25) is 11.6 Å². The van der Waals surface area contributed by atoms with Gasteiger partial charge in [0, 0.05) is 10.9 Å². The summed E-state index contributed by atoms with van der Waals surface area (Å²) < 4.78 is 44.9. The summed E-state index contributed by atoms with van der Waals surface area (Å²) in [7, 11) is 0. The van der Waals surface area contributed by atoms with E-state index in [1.165, 1.54) is 13.8 Å². The van der Waals surface area contributed by atoms with Gasteiger partial charge in [-0.1, -0.05) is 18.2 Å². The minimum atomic E-state index is -4.98. The highest BCUT2D eigenvalue weighted by molar-refractivity contribution is 6.30. The second kappa shape index (κ2) is 4.97. The number of rotatable bonds is 2. The highest BCUT2D eigenvalue weighted by Gasteiger charge is 2.49. The van der Waals surface area contributed by atoms with Crippen molar-refractivity contribution in [3.63, 3.8) is 0 Å². The number of para-hydroxylation sites is 1. The molecule has 0 radical (unpaired) electrons. The summed E-state index contributed by atoms with van der Waals surface area (Å²) in [5, 5.41) is 0.395. The van der Waals surface area contributed by atoms with Gasteiger partial charge in [0.25, 0.3) is 0 Å². The summed E-state index contributed by atoms with van der Waals surface area (Å²) in [6, 6.07) is 6.45. The Hall–Kier alpha value is -2.57. The standard InChI is InChI=1S/C16H12F3NO3/c1-7(2)23-15-11(16(17,18)19)14(22)12-10(13(15)21)8-5-3-4-6-9(8)20-12/h3-7,20H,1-2H3. The monoisotopic (exact) mass is 323 g/mol. The van der Waals surface area contributed by atoms with Gasteiger partial charge in [-0.05, 0) is 19.9 Å². The first kappa shape index (κ1) is 15.3. The number of fused-ring (bicyclic) bond motifs is 3. The molecule has 7 heteroatoms. The predicted octanol–water partition coefficient (Wildman–Crippen LogP) is 3.79. The molecule has 0 fully saturated rings. The van der Waals surface area contributed by atoms with Crippen LogP contribution < -0.4 is 0 Å². The van der Waals surface area contributed by atoms with E-state index in [1.54, 1.807) is 24.3 Å². The molecule has 1 N–H and O–H groups in total. The topological polar surface area (TPSA) is 59.2 Å². The van der Waals surface area contributed by atoms with Gasteiger partial charge >= 0.3 is 6.18 Å². The smallest absolute Gasteiger partial charge is 0.423 e.